The molecule has 1 aliphatic heterocycles. The van der Waals surface area contributed by atoms with Gasteiger partial charge in [-0.1, -0.05) is 12.1 Å². The maximum Gasteiger partial charge on any atom is 0.225 e. The van der Waals surface area contributed by atoms with E-state index in [4.69, 9.17) is 4.74 Å². The Morgan fingerprint density at radius 2 is 2.04 bits per heavy atom. The van der Waals surface area contributed by atoms with Gasteiger partial charge in [0.2, 0.25) is 11.8 Å². The first-order valence-electron chi connectivity index (χ1n) is 7.68. The summed E-state index contributed by atoms with van der Waals surface area (Å²) < 4.78 is 5.11. The lowest BCUT2D eigenvalue weighted by Gasteiger charge is -2.25. The fourth-order valence-corrected chi connectivity index (χ4v) is 2.53. The molecule has 1 fully saturated rings. The van der Waals surface area contributed by atoms with Gasteiger partial charge >= 0.3 is 0 Å². The van der Waals surface area contributed by atoms with Crippen LogP contribution in [-0.2, 0) is 16.1 Å². The largest absolute Gasteiger partial charge is 0.497 e. The predicted molar refractivity (Wildman–Crippen MR) is 85.8 cm³/mol. The zero-order chi connectivity index (χ0) is 17.0. The maximum absolute atomic E-state index is 12.2. The standard InChI is InChI=1S/C17H24N2O4/c1-17(2,11-20)18-16(22)13-8-15(21)19(10-13)9-12-4-6-14(23-3)7-5-12/h4-7,13,20H,8-11H2,1-3H3,(H,18,22). The van der Waals surface area contributed by atoms with Crippen LogP contribution in [0.1, 0.15) is 25.8 Å². The minimum absolute atomic E-state index is 0.0252. The van der Waals surface area contributed by atoms with Crippen LogP contribution in [0.4, 0.5) is 0 Å². The second kappa shape index (κ2) is 7.00. The summed E-state index contributed by atoms with van der Waals surface area (Å²) in [5, 5.41) is 12.0. The smallest absolute Gasteiger partial charge is 0.225 e. The van der Waals surface area contributed by atoms with Crippen molar-refractivity contribution in [3.8, 4) is 5.75 Å². The molecule has 1 saturated heterocycles. The molecular formula is C17H24N2O4. The Kier molecular flexibility index (Phi) is 5.26. The summed E-state index contributed by atoms with van der Waals surface area (Å²) in [5.74, 6) is 0.189. The molecule has 0 bridgehead atoms. The van der Waals surface area contributed by atoms with E-state index in [1.54, 1.807) is 25.9 Å². The van der Waals surface area contributed by atoms with Gasteiger partial charge in [0.05, 0.1) is 25.2 Å². The molecule has 1 aromatic rings. The molecule has 6 nitrogen and oxygen atoms in total. The average molecular weight is 320 g/mol. The lowest BCUT2D eigenvalue weighted by atomic mass is 10.0. The molecule has 23 heavy (non-hydrogen) atoms. The van der Waals surface area contributed by atoms with E-state index in [-0.39, 0.29) is 30.8 Å². The number of hydrogen-bond donors (Lipinski definition) is 2. The molecule has 1 heterocycles. The van der Waals surface area contributed by atoms with Crippen molar-refractivity contribution < 1.29 is 19.4 Å². The van der Waals surface area contributed by atoms with Crippen LogP contribution in [0.3, 0.4) is 0 Å². The number of hydrogen-bond acceptors (Lipinski definition) is 4. The molecule has 2 N–H and O–H groups in total. The summed E-state index contributed by atoms with van der Waals surface area (Å²) in [6.45, 7) is 4.23. The van der Waals surface area contributed by atoms with Gasteiger partial charge in [0.1, 0.15) is 5.75 Å². The molecule has 0 aromatic heterocycles. The Labute approximate surface area is 136 Å². The summed E-state index contributed by atoms with van der Waals surface area (Å²) in [6, 6.07) is 7.52. The zero-order valence-electron chi connectivity index (χ0n) is 13.8. The van der Waals surface area contributed by atoms with Crippen LogP contribution in [-0.4, -0.2) is 47.6 Å². The molecule has 6 heteroatoms. The van der Waals surface area contributed by atoms with Crippen molar-refractivity contribution in [2.45, 2.75) is 32.4 Å². The van der Waals surface area contributed by atoms with Crippen LogP contribution >= 0.6 is 0 Å². The van der Waals surface area contributed by atoms with Gasteiger partial charge in [0.25, 0.3) is 0 Å². The number of nitrogens with one attached hydrogen (secondary N) is 1. The number of amides is 2. The zero-order valence-corrected chi connectivity index (χ0v) is 13.8. The molecule has 0 aliphatic carbocycles. The van der Waals surface area contributed by atoms with Crippen molar-refractivity contribution >= 4 is 11.8 Å². The number of methoxy groups -OCH3 is 1. The third-order valence-corrected chi connectivity index (χ3v) is 3.97. The van der Waals surface area contributed by atoms with Crippen molar-refractivity contribution in [3.05, 3.63) is 29.8 Å². The number of carbonyl (C=O) groups excluding carboxylic acids is 2. The van der Waals surface area contributed by atoms with E-state index in [0.29, 0.717) is 13.1 Å². The van der Waals surface area contributed by atoms with Gasteiger partial charge in [-0.15, -0.1) is 0 Å². The highest BCUT2D eigenvalue weighted by Gasteiger charge is 2.35. The maximum atomic E-state index is 12.2. The molecule has 0 radical (unpaired) electrons. The van der Waals surface area contributed by atoms with Crippen molar-refractivity contribution in [1.82, 2.24) is 10.2 Å². The van der Waals surface area contributed by atoms with E-state index in [1.807, 2.05) is 24.3 Å². The van der Waals surface area contributed by atoms with Gasteiger partial charge in [-0.25, -0.2) is 0 Å². The molecule has 0 saturated carbocycles. The fraction of sp³-hybridized carbons (Fsp3) is 0.529. The van der Waals surface area contributed by atoms with Crippen LogP contribution in [0, 0.1) is 5.92 Å². The third kappa shape index (κ3) is 4.45. The van der Waals surface area contributed by atoms with Crippen molar-refractivity contribution in [2.24, 2.45) is 5.92 Å². The monoisotopic (exact) mass is 320 g/mol. The predicted octanol–water partition coefficient (Wildman–Crippen LogP) is 0.931. The molecule has 126 valence electrons. The molecule has 2 rings (SSSR count). The number of aliphatic hydroxyl groups is 1. The van der Waals surface area contributed by atoms with Gasteiger partial charge in [0, 0.05) is 19.5 Å². The first-order valence-corrected chi connectivity index (χ1v) is 7.68. The van der Waals surface area contributed by atoms with Crippen LogP contribution in [0.15, 0.2) is 24.3 Å². The number of carbonyl (C=O) groups is 2. The van der Waals surface area contributed by atoms with Gasteiger partial charge in [-0.3, -0.25) is 9.59 Å². The van der Waals surface area contributed by atoms with Gasteiger partial charge in [-0.2, -0.15) is 0 Å². The van der Waals surface area contributed by atoms with Crippen molar-refractivity contribution in [1.29, 1.82) is 0 Å². The number of benzene rings is 1. The Morgan fingerprint density at radius 3 is 2.61 bits per heavy atom. The van der Waals surface area contributed by atoms with E-state index in [2.05, 4.69) is 5.32 Å². The van der Waals surface area contributed by atoms with E-state index < -0.39 is 5.54 Å². The number of aliphatic hydroxyl groups excluding tert-OH is 1. The Bertz CT molecular complexity index is 568. The number of nitrogens with zero attached hydrogens (tertiary/aromatic N) is 1. The average Bonchev–Trinajstić information content (AvgIpc) is 2.89. The normalized spacial score (nSPS) is 18.2. The van der Waals surface area contributed by atoms with Gasteiger partial charge in [-0.05, 0) is 31.5 Å². The lowest BCUT2D eigenvalue weighted by Crippen LogP contribution is -2.49. The Morgan fingerprint density at radius 1 is 1.39 bits per heavy atom. The Balaban J connectivity index is 1.95. The fourth-order valence-electron chi connectivity index (χ4n) is 2.53. The topological polar surface area (TPSA) is 78.9 Å². The second-order valence-electron chi connectivity index (χ2n) is 6.55. The number of rotatable bonds is 6. The quantitative estimate of drug-likeness (QED) is 0.817. The second-order valence-corrected chi connectivity index (χ2v) is 6.55. The first kappa shape index (κ1) is 17.3. The highest BCUT2D eigenvalue weighted by molar-refractivity contribution is 5.89. The van der Waals surface area contributed by atoms with Gasteiger partial charge in [0.15, 0.2) is 0 Å². The van der Waals surface area contributed by atoms with E-state index >= 15 is 0 Å². The lowest BCUT2D eigenvalue weighted by molar-refractivity contribution is -0.129. The van der Waals surface area contributed by atoms with E-state index in [9.17, 15) is 14.7 Å². The van der Waals surface area contributed by atoms with E-state index in [0.717, 1.165) is 11.3 Å². The van der Waals surface area contributed by atoms with Crippen LogP contribution in [0.25, 0.3) is 0 Å². The summed E-state index contributed by atoms with van der Waals surface area (Å²) in [6.07, 6.45) is 0.212. The highest BCUT2D eigenvalue weighted by atomic mass is 16.5. The summed E-state index contributed by atoms with van der Waals surface area (Å²) >= 11 is 0. The molecule has 1 aromatic carbocycles. The van der Waals surface area contributed by atoms with Crippen molar-refractivity contribution in [2.75, 3.05) is 20.3 Å². The van der Waals surface area contributed by atoms with Gasteiger partial charge < -0.3 is 20.1 Å². The van der Waals surface area contributed by atoms with Crippen LogP contribution in [0.2, 0.25) is 0 Å². The first-order chi connectivity index (χ1) is 10.8. The minimum Gasteiger partial charge on any atom is -0.497 e. The van der Waals surface area contributed by atoms with E-state index in [1.165, 1.54) is 0 Å². The van der Waals surface area contributed by atoms with Crippen LogP contribution in [0.5, 0.6) is 5.75 Å². The Hall–Kier alpha value is -2.08. The molecular weight excluding hydrogens is 296 g/mol. The molecule has 1 aliphatic rings. The third-order valence-electron chi connectivity index (χ3n) is 3.97. The van der Waals surface area contributed by atoms with Crippen LogP contribution < -0.4 is 10.1 Å². The molecule has 1 unspecified atom stereocenters. The SMILES string of the molecule is COc1ccc(CN2CC(C(=O)NC(C)(C)CO)CC2=O)cc1. The summed E-state index contributed by atoms with van der Waals surface area (Å²) in [5.41, 5.74) is 0.319. The molecule has 0 spiro atoms. The summed E-state index contributed by atoms with van der Waals surface area (Å²) in [4.78, 5) is 26.0. The summed E-state index contributed by atoms with van der Waals surface area (Å²) in [7, 11) is 1.61. The number of likely N-dealkylation sites (tertiary alicyclic amines) is 1. The molecule has 1 atom stereocenters. The minimum atomic E-state index is -0.677. The van der Waals surface area contributed by atoms with Crippen molar-refractivity contribution in [3.63, 3.8) is 0 Å². The highest BCUT2D eigenvalue weighted by Crippen LogP contribution is 2.22. The number of ether oxygens (including phenoxy) is 1. The molecule has 2 amide bonds.